The Morgan fingerprint density at radius 1 is 1.35 bits per heavy atom. The molecule has 0 saturated carbocycles. The van der Waals surface area contributed by atoms with E-state index in [-0.39, 0.29) is 6.04 Å². The molecule has 1 aromatic rings. The standard InChI is InChI=1S/C17H28N2O/c1-3-14-8-7-11-19(12-14)13-16(18)15-9-5-6-10-17(15)20-4-2/h5-6,9-10,14,16H,3-4,7-8,11-13,18H2,1-2H3. The lowest BCUT2D eigenvalue weighted by Crippen LogP contribution is -2.39. The molecule has 1 aromatic carbocycles. The van der Waals surface area contributed by atoms with E-state index >= 15 is 0 Å². The molecular formula is C17H28N2O. The van der Waals surface area contributed by atoms with Crippen molar-refractivity contribution in [2.24, 2.45) is 11.7 Å². The number of ether oxygens (including phenoxy) is 1. The van der Waals surface area contributed by atoms with Crippen molar-refractivity contribution in [3.63, 3.8) is 0 Å². The second-order valence-corrected chi connectivity index (χ2v) is 5.75. The van der Waals surface area contributed by atoms with Gasteiger partial charge in [-0.05, 0) is 38.3 Å². The predicted molar refractivity (Wildman–Crippen MR) is 84.0 cm³/mol. The van der Waals surface area contributed by atoms with Gasteiger partial charge in [0, 0.05) is 24.7 Å². The normalized spacial score (nSPS) is 21.6. The molecular weight excluding hydrogens is 248 g/mol. The van der Waals surface area contributed by atoms with E-state index in [1.165, 1.54) is 32.4 Å². The molecule has 2 atom stereocenters. The Kier molecular flexibility index (Phi) is 5.86. The minimum Gasteiger partial charge on any atom is -0.494 e. The summed E-state index contributed by atoms with van der Waals surface area (Å²) in [6.07, 6.45) is 3.96. The molecule has 1 aliphatic heterocycles. The Labute approximate surface area is 123 Å². The number of nitrogens with zero attached hydrogens (tertiary/aromatic N) is 1. The Balaban J connectivity index is 1.99. The summed E-state index contributed by atoms with van der Waals surface area (Å²) in [5.74, 6) is 1.78. The van der Waals surface area contributed by atoms with Gasteiger partial charge in [-0.2, -0.15) is 0 Å². The van der Waals surface area contributed by atoms with Crippen molar-refractivity contribution in [2.75, 3.05) is 26.2 Å². The van der Waals surface area contributed by atoms with Crippen LogP contribution in [0.1, 0.15) is 44.7 Å². The minimum atomic E-state index is 0.0355. The summed E-state index contributed by atoms with van der Waals surface area (Å²) >= 11 is 0. The van der Waals surface area contributed by atoms with Crippen LogP contribution in [0.2, 0.25) is 0 Å². The van der Waals surface area contributed by atoms with Crippen LogP contribution in [0.3, 0.4) is 0 Å². The summed E-state index contributed by atoms with van der Waals surface area (Å²) in [4.78, 5) is 2.52. The minimum absolute atomic E-state index is 0.0355. The average Bonchev–Trinajstić information content (AvgIpc) is 2.48. The van der Waals surface area contributed by atoms with Gasteiger partial charge in [-0.1, -0.05) is 31.5 Å². The highest BCUT2D eigenvalue weighted by Gasteiger charge is 2.21. The van der Waals surface area contributed by atoms with Gasteiger partial charge in [0.25, 0.3) is 0 Å². The van der Waals surface area contributed by atoms with E-state index < -0.39 is 0 Å². The summed E-state index contributed by atoms with van der Waals surface area (Å²) in [7, 11) is 0. The molecule has 0 aromatic heterocycles. The highest BCUT2D eigenvalue weighted by Crippen LogP contribution is 2.26. The van der Waals surface area contributed by atoms with Crippen LogP contribution in [0, 0.1) is 5.92 Å². The number of hydrogen-bond donors (Lipinski definition) is 1. The Morgan fingerprint density at radius 2 is 2.15 bits per heavy atom. The zero-order chi connectivity index (χ0) is 14.4. The van der Waals surface area contributed by atoms with Crippen molar-refractivity contribution < 1.29 is 4.74 Å². The molecule has 0 amide bonds. The van der Waals surface area contributed by atoms with Gasteiger partial charge in [-0.25, -0.2) is 0 Å². The van der Waals surface area contributed by atoms with Crippen molar-refractivity contribution in [3.05, 3.63) is 29.8 Å². The third kappa shape index (κ3) is 3.97. The van der Waals surface area contributed by atoms with Crippen LogP contribution in [0.25, 0.3) is 0 Å². The summed E-state index contributed by atoms with van der Waals surface area (Å²) in [6.45, 7) is 8.30. The molecule has 112 valence electrons. The van der Waals surface area contributed by atoms with Gasteiger partial charge in [-0.3, -0.25) is 0 Å². The second kappa shape index (κ2) is 7.65. The fourth-order valence-corrected chi connectivity index (χ4v) is 3.10. The Hall–Kier alpha value is -1.06. The molecule has 2 rings (SSSR count). The van der Waals surface area contributed by atoms with E-state index in [0.717, 1.165) is 23.8 Å². The largest absolute Gasteiger partial charge is 0.494 e. The number of para-hydroxylation sites is 1. The molecule has 0 aliphatic carbocycles. The van der Waals surface area contributed by atoms with Gasteiger partial charge in [0.15, 0.2) is 0 Å². The van der Waals surface area contributed by atoms with Crippen molar-refractivity contribution in [3.8, 4) is 5.75 Å². The number of piperidine rings is 1. The van der Waals surface area contributed by atoms with Crippen molar-refractivity contribution >= 4 is 0 Å². The lowest BCUT2D eigenvalue weighted by Gasteiger charge is -2.34. The lowest BCUT2D eigenvalue weighted by atomic mass is 9.95. The maximum atomic E-state index is 6.42. The molecule has 1 heterocycles. The van der Waals surface area contributed by atoms with E-state index in [1.807, 2.05) is 25.1 Å². The van der Waals surface area contributed by atoms with E-state index in [1.54, 1.807) is 0 Å². The highest BCUT2D eigenvalue weighted by atomic mass is 16.5. The van der Waals surface area contributed by atoms with Crippen LogP contribution in [0.5, 0.6) is 5.75 Å². The zero-order valence-electron chi connectivity index (χ0n) is 12.8. The summed E-state index contributed by atoms with van der Waals surface area (Å²) < 4.78 is 5.69. The number of benzene rings is 1. The molecule has 20 heavy (non-hydrogen) atoms. The number of hydrogen-bond acceptors (Lipinski definition) is 3. The molecule has 1 fully saturated rings. The average molecular weight is 276 g/mol. The van der Waals surface area contributed by atoms with E-state index in [4.69, 9.17) is 10.5 Å². The van der Waals surface area contributed by atoms with Crippen molar-refractivity contribution in [2.45, 2.75) is 39.2 Å². The van der Waals surface area contributed by atoms with Crippen molar-refractivity contribution in [1.82, 2.24) is 4.90 Å². The quantitative estimate of drug-likeness (QED) is 0.867. The first kappa shape index (κ1) is 15.3. The first-order valence-electron chi connectivity index (χ1n) is 7.94. The molecule has 0 spiro atoms. The fourth-order valence-electron chi connectivity index (χ4n) is 3.10. The monoisotopic (exact) mass is 276 g/mol. The maximum Gasteiger partial charge on any atom is 0.124 e. The molecule has 0 bridgehead atoms. The number of rotatable bonds is 6. The first-order chi connectivity index (χ1) is 9.74. The van der Waals surface area contributed by atoms with Gasteiger partial charge in [0.2, 0.25) is 0 Å². The molecule has 3 heteroatoms. The summed E-state index contributed by atoms with van der Waals surface area (Å²) in [5, 5.41) is 0. The number of likely N-dealkylation sites (tertiary alicyclic amines) is 1. The molecule has 3 nitrogen and oxygen atoms in total. The van der Waals surface area contributed by atoms with Crippen molar-refractivity contribution in [1.29, 1.82) is 0 Å². The predicted octanol–water partition coefficient (Wildman–Crippen LogP) is 3.21. The molecule has 2 N–H and O–H groups in total. The first-order valence-corrected chi connectivity index (χ1v) is 7.94. The lowest BCUT2D eigenvalue weighted by molar-refractivity contribution is 0.162. The SMILES string of the molecule is CCOc1ccccc1C(N)CN1CCCC(CC)C1. The third-order valence-electron chi connectivity index (χ3n) is 4.25. The van der Waals surface area contributed by atoms with Crippen LogP contribution in [-0.2, 0) is 0 Å². The van der Waals surface area contributed by atoms with Crippen LogP contribution in [0.4, 0.5) is 0 Å². The van der Waals surface area contributed by atoms with Crippen LogP contribution >= 0.6 is 0 Å². The Morgan fingerprint density at radius 3 is 2.90 bits per heavy atom. The Bertz CT molecular complexity index is 408. The van der Waals surface area contributed by atoms with Crippen LogP contribution < -0.4 is 10.5 Å². The van der Waals surface area contributed by atoms with E-state index in [9.17, 15) is 0 Å². The molecule has 1 aliphatic rings. The summed E-state index contributed by atoms with van der Waals surface area (Å²) in [5.41, 5.74) is 7.55. The van der Waals surface area contributed by atoms with E-state index in [0.29, 0.717) is 6.61 Å². The van der Waals surface area contributed by atoms with Crippen LogP contribution in [-0.4, -0.2) is 31.1 Å². The van der Waals surface area contributed by atoms with Gasteiger partial charge >= 0.3 is 0 Å². The molecule has 1 saturated heterocycles. The van der Waals surface area contributed by atoms with Gasteiger partial charge < -0.3 is 15.4 Å². The zero-order valence-corrected chi connectivity index (χ0v) is 12.8. The highest BCUT2D eigenvalue weighted by molar-refractivity contribution is 5.36. The fraction of sp³-hybridized carbons (Fsp3) is 0.647. The van der Waals surface area contributed by atoms with Crippen LogP contribution in [0.15, 0.2) is 24.3 Å². The van der Waals surface area contributed by atoms with E-state index in [2.05, 4.69) is 17.9 Å². The third-order valence-corrected chi connectivity index (χ3v) is 4.25. The topological polar surface area (TPSA) is 38.5 Å². The molecule has 2 unspecified atom stereocenters. The summed E-state index contributed by atoms with van der Waals surface area (Å²) in [6, 6.07) is 8.20. The van der Waals surface area contributed by atoms with Gasteiger partial charge in [0.1, 0.15) is 5.75 Å². The number of nitrogens with two attached hydrogens (primary N) is 1. The van der Waals surface area contributed by atoms with Gasteiger partial charge in [0.05, 0.1) is 6.61 Å². The molecule has 0 radical (unpaired) electrons. The maximum absolute atomic E-state index is 6.42. The smallest absolute Gasteiger partial charge is 0.124 e. The van der Waals surface area contributed by atoms with Gasteiger partial charge in [-0.15, -0.1) is 0 Å². The second-order valence-electron chi connectivity index (χ2n) is 5.75.